The van der Waals surface area contributed by atoms with Crippen molar-refractivity contribution in [2.75, 3.05) is 53.9 Å². The van der Waals surface area contributed by atoms with Crippen molar-refractivity contribution in [3.05, 3.63) is 0 Å². The molecule has 0 amide bonds. The van der Waals surface area contributed by atoms with E-state index in [0.29, 0.717) is 26.4 Å². The fourth-order valence-corrected chi connectivity index (χ4v) is 0.596. The standard InChI is InChI=1S/2C5H10O4.Ba/c2*1-8-2-3-9-4-5(6)7;/h2*2-4H2,1H3,(H,6,7);/q;;+2/p-2. The van der Waals surface area contributed by atoms with E-state index in [-0.39, 0.29) is 62.1 Å². The van der Waals surface area contributed by atoms with Crippen molar-refractivity contribution < 1.29 is 38.7 Å². The van der Waals surface area contributed by atoms with Crippen molar-refractivity contribution >= 4 is 60.8 Å². The van der Waals surface area contributed by atoms with Gasteiger partial charge in [-0.25, -0.2) is 0 Å². The predicted octanol–water partition coefficient (Wildman–Crippen LogP) is -3.58. The van der Waals surface area contributed by atoms with Gasteiger partial charge in [-0.3, -0.25) is 0 Å². The summed E-state index contributed by atoms with van der Waals surface area (Å²) >= 11 is 0. The van der Waals surface area contributed by atoms with Gasteiger partial charge in [0, 0.05) is 14.2 Å². The molecule has 19 heavy (non-hydrogen) atoms. The Morgan fingerprint density at radius 2 is 1.11 bits per heavy atom. The van der Waals surface area contributed by atoms with Crippen LogP contribution in [0.2, 0.25) is 0 Å². The second-order valence-electron chi connectivity index (χ2n) is 2.83. The number of aliphatic carboxylic acids is 2. The van der Waals surface area contributed by atoms with Gasteiger partial charge in [0.05, 0.1) is 51.6 Å². The van der Waals surface area contributed by atoms with E-state index >= 15 is 0 Å². The number of carboxylic acids is 2. The zero-order chi connectivity index (χ0) is 14.2. The van der Waals surface area contributed by atoms with Gasteiger partial charge in [0.1, 0.15) is 0 Å². The minimum absolute atomic E-state index is 0. The monoisotopic (exact) mass is 404 g/mol. The molecule has 8 nitrogen and oxygen atoms in total. The Labute approximate surface area is 152 Å². The maximum absolute atomic E-state index is 9.69. The molecule has 0 radical (unpaired) electrons. The van der Waals surface area contributed by atoms with Gasteiger partial charge in [0.25, 0.3) is 0 Å². The molecule has 0 aromatic heterocycles. The Balaban J connectivity index is -0.000000256. The molecule has 9 heteroatoms. The molecule has 0 atom stereocenters. The molecule has 0 rings (SSSR count). The van der Waals surface area contributed by atoms with Gasteiger partial charge in [-0.2, -0.15) is 0 Å². The van der Waals surface area contributed by atoms with Gasteiger partial charge in [0.2, 0.25) is 0 Å². The molecule has 0 aliphatic heterocycles. The second kappa shape index (κ2) is 20.7. The van der Waals surface area contributed by atoms with Crippen LogP contribution in [0.4, 0.5) is 0 Å². The van der Waals surface area contributed by atoms with E-state index in [1.807, 2.05) is 0 Å². The average molecular weight is 404 g/mol. The van der Waals surface area contributed by atoms with Gasteiger partial charge in [-0.05, 0) is 0 Å². The van der Waals surface area contributed by atoms with Crippen LogP contribution in [-0.2, 0) is 28.5 Å². The van der Waals surface area contributed by atoms with Crippen LogP contribution in [0.5, 0.6) is 0 Å². The van der Waals surface area contributed by atoms with Crippen LogP contribution in [0.1, 0.15) is 0 Å². The van der Waals surface area contributed by atoms with Crippen LogP contribution in [-0.4, -0.2) is 115 Å². The minimum atomic E-state index is -1.20. The van der Waals surface area contributed by atoms with Crippen LogP contribution in [0, 0.1) is 0 Å². The molecule has 0 saturated heterocycles. The second-order valence-corrected chi connectivity index (χ2v) is 2.83. The van der Waals surface area contributed by atoms with E-state index in [0.717, 1.165) is 0 Å². The summed E-state index contributed by atoms with van der Waals surface area (Å²) in [5.41, 5.74) is 0. The van der Waals surface area contributed by atoms with Gasteiger partial charge < -0.3 is 38.7 Å². The van der Waals surface area contributed by atoms with E-state index in [1.165, 1.54) is 14.2 Å². The SMILES string of the molecule is COCCOCC(=O)[O-].COCCOCC(=O)[O-].[Ba+2]. The summed E-state index contributed by atoms with van der Waals surface area (Å²) in [5, 5.41) is 19.4. The van der Waals surface area contributed by atoms with Crippen LogP contribution < -0.4 is 10.2 Å². The first-order valence-electron chi connectivity index (χ1n) is 5.07. The molecule has 0 saturated carbocycles. The van der Waals surface area contributed by atoms with Crippen molar-refractivity contribution in [2.45, 2.75) is 0 Å². The Morgan fingerprint density at radius 1 is 0.789 bits per heavy atom. The molecule has 0 unspecified atom stereocenters. The van der Waals surface area contributed by atoms with E-state index in [9.17, 15) is 19.8 Å². The third-order valence-electron chi connectivity index (χ3n) is 1.30. The third kappa shape index (κ3) is 32.2. The molecule has 0 N–H and O–H groups in total. The summed E-state index contributed by atoms with van der Waals surface area (Å²) in [6, 6.07) is 0. The summed E-state index contributed by atoms with van der Waals surface area (Å²) in [7, 11) is 3.03. The maximum atomic E-state index is 9.69. The van der Waals surface area contributed by atoms with Crippen LogP contribution in [0.3, 0.4) is 0 Å². The molecule has 0 bridgehead atoms. The van der Waals surface area contributed by atoms with Gasteiger partial charge in [-0.1, -0.05) is 0 Å². The van der Waals surface area contributed by atoms with Gasteiger partial charge in [-0.15, -0.1) is 0 Å². The largest absolute Gasteiger partial charge is 2.00 e. The van der Waals surface area contributed by atoms with Crippen molar-refractivity contribution in [1.29, 1.82) is 0 Å². The van der Waals surface area contributed by atoms with Crippen LogP contribution in [0.15, 0.2) is 0 Å². The minimum Gasteiger partial charge on any atom is -0.548 e. The molecule has 0 aromatic rings. The number of carboxylic acid groups (broad SMARTS) is 2. The predicted molar refractivity (Wildman–Crippen MR) is 61.2 cm³/mol. The molecule has 0 aliphatic carbocycles. The molecule has 0 aliphatic rings. The third-order valence-corrected chi connectivity index (χ3v) is 1.30. The zero-order valence-electron chi connectivity index (χ0n) is 11.2. The van der Waals surface area contributed by atoms with Gasteiger partial charge in [0.15, 0.2) is 0 Å². The smallest absolute Gasteiger partial charge is 0.548 e. The number of methoxy groups -OCH3 is 2. The van der Waals surface area contributed by atoms with E-state index in [1.54, 1.807) is 0 Å². The summed E-state index contributed by atoms with van der Waals surface area (Å²) in [5.74, 6) is -2.41. The number of carbonyl (C=O) groups excluding carboxylic acids is 2. The first-order chi connectivity index (χ1) is 8.54. The number of hydrogen-bond acceptors (Lipinski definition) is 8. The van der Waals surface area contributed by atoms with Crippen molar-refractivity contribution in [1.82, 2.24) is 0 Å². The van der Waals surface area contributed by atoms with E-state index in [2.05, 4.69) is 18.9 Å². The first-order valence-corrected chi connectivity index (χ1v) is 5.07. The van der Waals surface area contributed by atoms with Gasteiger partial charge >= 0.3 is 48.9 Å². The molecule has 0 fully saturated rings. The zero-order valence-corrected chi connectivity index (χ0v) is 15.7. The summed E-state index contributed by atoms with van der Waals surface area (Å²) in [6.07, 6.45) is 0. The summed E-state index contributed by atoms with van der Waals surface area (Å²) in [6.45, 7) is 0.697. The number of ether oxygens (including phenoxy) is 4. The summed E-state index contributed by atoms with van der Waals surface area (Å²) in [4.78, 5) is 19.4. The quantitative estimate of drug-likeness (QED) is 0.271. The van der Waals surface area contributed by atoms with Crippen molar-refractivity contribution in [3.8, 4) is 0 Å². The van der Waals surface area contributed by atoms with Crippen molar-refractivity contribution in [3.63, 3.8) is 0 Å². The Kier molecular flexibility index (Phi) is 26.5. The normalized spacial score (nSPS) is 8.95. The van der Waals surface area contributed by atoms with E-state index < -0.39 is 11.9 Å². The first kappa shape index (κ1) is 24.4. The van der Waals surface area contributed by atoms with Crippen LogP contribution in [0.25, 0.3) is 0 Å². The Morgan fingerprint density at radius 3 is 1.32 bits per heavy atom. The van der Waals surface area contributed by atoms with Crippen molar-refractivity contribution in [2.24, 2.45) is 0 Å². The molecule has 0 spiro atoms. The fraction of sp³-hybridized carbons (Fsp3) is 0.800. The molecule has 108 valence electrons. The number of carbonyl (C=O) groups is 2. The fourth-order valence-electron chi connectivity index (χ4n) is 0.596. The summed E-state index contributed by atoms with van der Waals surface area (Å²) < 4.78 is 18.3. The molecular formula is C10H18BaO8. The molecule has 0 heterocycles. The maximum Gasteiger partial charge on any atom is 2.00 e. The topological polar surface area (TPSA) is 117 Å². The Bertz CT molecular complexity index is 190. The molecule has 0 aromatic carbocycles. The van der Waals surface area contributed by atoms with Crippen LogP contribution >= 0.6 is 0 Å². The molecular weight excluding hydrogens is 385 g/mol. The average Bonchev–Trinajstić information content (AvgIpc) is 2.31. The number of rotatable bonds is 10. The van der Waals surface area contributed by atoms with E-state index in [4.69, 9.17) is 0 Å². The Hall–Kier alpha value is 0.351. The number of hydrogen-bond donors (Lipinski definition) is 0.